The van der Waals surface area contributed by atoms with E-state index in [1.54, 1.807) is 4.90 Å². The van der Waals surface area contributed by atoms with E-state index in [0.29, 0.717) is 13.0 Å². The maximum absolute atomic E-state index is 12.0. The minimum atomic E-state index is -3.07. The average molecular weight is 282 g/mol. The summed E-state index contributed by atoms with van der Waals surface area (Å²) in [4.78, 5) is 13.5. The number of carbonyl (C=O) groups excluding carboxylic acids is 1. The van der Waals surface area contributed by atoms with Crippen molar-refractivity contribution in [2.45, 2.75) is 18.6 Å². The highest BCUT2D eigenvalue weighted by atomic mass is 32.2. The van der Waals surface area contributed by atoms with E-state index in [4.69, 9.17) is 0 Å². The van der Waals surface area contributed by atoms with Gasteiger partial charge in [-0.05, 0) is 25.5 Å². The van der Waals surface area contributed by atoms with Gasteiger partial charge in [-0.2, -0.15) is 0 Å². The second-order valence-corrected chi connectivity index (χ2v) is 7.31. The fourth-order valence-electron chi connectivity index (χ4n) is 2.10. The van der Waals surface area contributed by atoms with Crippen LogP contribution >= 0.6 is 0 Å². The number of urea groups is 1. The fraction of sp³-hybridized carbons (Fsp3) is 0.462. The van der Waals surface area contributed by atoms with Gasteiger partial charge < -0.3 is 10.2 Å². The number of nitrogens with one attached hydrogen (secondary N) is 1. The van der Waals surface area contributed by atoms with Gasteiger partial charge in [-0.15, -0.1) is 0 Å². The number of aryl methyl sites for hydroxylation is 1. The Hall–Kier alpha value is -1.56. The normalized spacial score (nSPS) is 19.5. The van der Waals surface area contributed by atoms with E-state index >= 15 is 0 Å². The number of hydrogen-bond acceptors (Lipinski definition) is 3. The molecular weight excluding hydrogens is 264 g/mol. The summed E-state index contributed by atoms with van der Waals surface area (Å²) >= 11 is 0. The third-order valence-corrected chi connectivity index (χ3v) is 4.94. The molecule has 2 amide bonds. The Balaban J connectivity index is 1.97. The van der Waals surface area contributed by atoms with Gasteiger partial charge in [0.05, 0.1) is 5.25 Å². The third-order valence-electron chi connectivity index (χ3n) is 3.34. The molecule has 0 saturated carbocycles. The van der Waals surface area contributed by atoms with E-state index in [-0.39, 0.29) is 12.6 Å². The van der Waals surface area contributed by atoms with Crippen LogP contribution in [0.3, 0.4) is 0 Å². The molecule has 1 N–H and O–H groups in total. The number of anilines is 1. The number of benzene rings is 1. The molecule has 0 aromatic heterocycles. The molecule has 1 aliphatic heterocycles. The first-order valence-corrected chi connectivity index (χ1v) is 8.13. The molecule has 104 valence electrons. The molecule has 1 atom stereocenters. The monoisotopic (exact) mass is 282 g/mol. The van der Waals surface area contributed by atoms with Gasteiger partial charge in [-0.1, -0.05) is 17.7 Å². The van der Waals surface area contributed by atoms with Crippen molar-refractivity contribution >= 4 is 21.6 Å². The lowest BCUT2D eigenvalue weighted by Gasteiger charge is -2.17. The van der Waals surface area contributed by atoms with Gasteiger partial charge in [0, 0.05) is 25.0 Å². The Labute approximate surface area is 113 Å². The summed E-state index contributed by atoms with van der Waals surface area (Å²) < 4.78 is 22.9. The van der Waals surface area contributed by atoms with Crippen LogP contribution in [-0.4, -0.2) is 43.9 Å². The van der Waals surface area contributed by atoms with Crippen LogP contribution in [0.2, 0.25) is 0 Å². The number of sulfone groups is 1. The topological polar surface area (TPSA) is 66.5 Å². The molecule has 1 aromatic carbocycles. The lowest BCUT2D eigenvalue weighted by Crippen LogP contribution is -2.34. The number of amides is 2. The highest BCUT2D eigenvalue weighted by Gasteiger charge is 2.32. The zero-order chi connectivity index (χ0) is 14.0. The van der Waals surface area contributed by atoms with Crippen LogP contribution in [-0.2, 0) is 9.84 Å². The van der Waals surface area contributed by atoms with Crippen LogP contribution < -0.4 is 5.32 Å². The molecule has 0 bridgehead atoms. The van der Waals surface area contributed by atoms with E-state index in [0.717, 1.165) is 11.3 Å². The average Bonchev–Trinajstić information content (AvgIpc) is 2.81. The van der Waals surface area contributed by atoms with Crippen molar-refractivity contribution in [2.24, 2.45) is 0 Å². The van der Waals surface area contributed by atoms with Crippen molar-refractivity contribution in [1.82, 2.24) is 4.90 Å². The van der Waals surface area contributed by atoms with Crippen LogP contribution in [0, 0.1) is 6.92 Å². The Kier molecular flexibility index (Phi) is 3.80. The summed E-state index contributed by atoms with van der Waals surface area (Å²) in [7, 11) is -3.07. The molecule has 1 heterocycles. The molecule has 5 nitrogen and oxygen atoms in total. The number of rotatable bonds is 2. The van der Waals surface area contributed by atoms with Crippen molar-refractivity contribution in [3.8, 4) is 0 Å². The lowest BCUT2D eigenvalue weighted by molar-refractivity contribution is 0.222. The second-order valence-electron chi connectivity index (χ2n) is 4.98. The molecule has 2 rings (SSSR count). The maximum atomic E-state index is 12.0. The van der Waals surface area contributed by atoms with Crippen molar-refractivity contribution in [3.63, 3.8) is 0 Å². The summed E-state index contributed by atoms with van der Waals surface area (Å²) in [5, 5.41) is 2.34. The lowest BCUT2D eigenvalue weighted by atomic mass is 10.2. The highest BCUT2D eigenvalue weighted by Crippen LogP contribution is 2.17. The largest absolute Gasteiger partial charge is 0.323 e. The minimum absolute atomic E-state index is 0.241. The standard InChI is InChI=1S/C13H18N2O3S/c1-10-3-5-11(6-4-10)14-13(16)15-8-7-12(9-15)19(2,17)18/h3-6,12H,7-9H2,1-2H3,(H,14,16)/t12-/m0/s1. The molecule has 0 radical (unpaired) electrons. The summed E-state index contributed by atoms with van der Waals surface area (Å²) in [5.41, 5.74) is 1.84. The molecule has 6 heteroatoms. The highest BCUT2D eigenvalue weighted by molar-refractivity contribution is 7.91. The first-order valence-electron chi connectivity index (χ1n) is 6.18. The van der Waals surface area contributed by atoms with Crippen LogP contribution in [0.1, 0.15) is 12.0 Å². The van der Waals surface area contributed by atoms with E-state index < -0.39 is 15.1 Å². The number of nitrogens with zero attached hydrogens (tertiary/aromatic N) is 1. The van der Waals surface area contributed by atoms with Gasteiger partial charge in [0.2, 0.25) is 0 Å². The van der Waals surface area contributed by atoms with Gasteiger partial charge in [-0.25, -0.2) is 13.2 Å². The predicted molar refractivity (Wildman–Crippen MR) is 75.0 cm³/mol. The SMILES string of the molecule is Cc1ccc(NC(=O)N2CC[C@H](S(C)(=O)=O)C2)cc1. The van der Waals surface area contributed by atoms with Crippen LogP contribution in [0.25, 0.3) is 0 Å². The van der Waals surface area contributed by atoms with Crippen LogP contribution in [0.5, 0.6) is 0 Å². The van der Waals surface area contributed by atoms with Gasteiger partial charge in [0.25, 0.3) is 0 Å². The summed E-state index contributed by atoms with van der Waals surface area (Å²) in [5.74, 6) is 0. The van der Waals surface area contributed by atoms with Crippen molar-refractivity contribution < 1.29 is 13.2 Å². The molecule has 1 saturated heterocycles. The zero-order valence-corrected chi connectivity index (χ0v) is 11.9. The molecule has 1 aromatic rings. The molecule has 0 spiro atoms. The molecular formula is C13H18N2O3S. The molecule has 0 unspecified atom stereocenters. The molecule has 1 fully saturated rings. The first-order chi connectivity index (χ1) is 8.86. The van der Waals surface area contributed by atoms with Crippen LogP contribution in [0.4, 0.5) is 10.5 Å². The van der Waals surface area contributed by atoms with Gasteiger partial charge >= 0.3 is 6.03 Å². The van der Waals surface area contributed by atoms with E-state index in [9.17, 15) is 13.2 Å². The Bertz CT molecular complexity index is 566. The maximum Gasteiger partial charge on any atom is 0.321 e. The van der Waals surface area contributed by atoms with E-state index in [1.807, 2.05) is 31.2 Å². The van der Waals surface area contributed by atoms with Gasteiger partial charge in [0.1, 0.15) is 0 Å². The Morgan fingerprint density at radius 1 is 1.32 bits per heavy atom. The van der Waals surface area contributed by atoms with E-state index in [2.05, 4.69) is 5.32 Å². The number of likely N-dealkylation sites (tertiary alicyclic amines) is 1. The third kappa shape index (κ3) is 3.47. The van der Waals surface area contributed by atoms with Crippen molar-refractivity contribution in [3.05, 3.63) is 29.8 Å². The second kappa shape index (κ2) is 5.21. The molecule has 19 heavy (non-hydrogen) atoms. The molecule has 0 aliphatic carbocycles. The summed E-state index contributed by atoms with van der Waals surface area (Å²) in [6.45, 7) is 2.73. The van der Waals surface area contributed by atoms with Crippen molar-refractivity contribution in [2.75, 3.05) is 24.7 Å². The van der Waals surface area contributed by atoms with Crippen LogP contribution in [0.15, 0.2) is 24.3 Å². The predicted octanol–water partition coefficient (Wildman–Crippen LogP) is 1.65. The zero-order valence-electron chi connectivity index (χ0n) is 11.1. The Morgan fingerprint density at radius 2 is 1.95 bits per heavy atom. The minimum Gasteiger partial charge on any atom is -0.323 e. The van der Waals surface area contributed by atoms with Crippen molar-refractivity contribution in [1.29, 1.82) is 0 Å². The van der Waals surface area contributed by atoms with Gasteiger partial charge in [0.15, 0.2) is 9.84 Å². The fourth-order valence-corrected chi connectivity index (χ4v) is 3.09. The number of carbonyl (C=O) groups is 1. The quantitative estimate of drug-likeness (QED) is 0.897. The summed E-state index contributed by atoms with van der Waals surface area (Å²) in [6, 6.07) is 7.25. The Morgan fingerprint density at radius 3 is 2.47 bits per heavy atom. The summed E-state index contributed by atoms with van der Waals surface area (Å²) in [6.07, 6.45) is 1.74. The van der Waals surface area contributed by atoms with Gasteiger partial charge in [-0.3, -0.25) is 0 Å². The first kappa shape index (κ1) is 13.9. The smallest absolute Gasteiger partial charge is 0.321 e. The molecule has 1 aliphatic rings. The number of hydrogen-bond donors (Lipinski definition) is 1. The van der Waals surface area contributed by atoms with E-state index in [1.165, 1.54) is 6.26 Å².